The molecule has 5 nitrogen and oxygen atoms in total. The van der Waals surface area contributed by atoms with Crippen LogP contribution in [0.4, 0.5) is 8.78 Å². The molecule has 3 rings (SSSR count). The van der Waals surface area contributed by atoms with Crippen molar-refractivity contribution in [2.24, 2.45) is 23.2 Å². The Balaban J connectivity index is 1.66. The molecule has 26 heavy (non-hydrogen) atoms. The van der Waals surface area contributed by atoms with Crippen LogP contribution in [0.5, 0.6) is 0 Å². The molecular formula is C19H27F2NO4. The van der Waals surface area contributed by atoms with Gasteiger partial charge in [-0.15, -0.1) is 0 Å². The number of fused-ring (bicyclic) bond motifs is 1. The topological polar surface area (TPSA) is 69.4 Å². The molecule has 0 aromatic heterocycles. The lowest BCUT2D eigenvalue weighted by atomic mass is 9.53. The van der Waals surface area contributed by atoms with Crippen LogP contribution in [0, 0.1) is 33.3 Å². The first-order valence-corrected chi connectivity index (χ1v) is 9.29. The van der Waals surface area contributed by atoms with Crippen LogP contribution < -0.4 is 0 Å². The molecular weight excluding hydrogens is 344 g/mol. The van der Waals surface area contributed by atoms with Gasteiger partial charge in [0.1, 0.15) is 5.60 Å². The minimum absolute atomic E-state index is 0.0176. The van der Waals surface area contributed by atoms with Crippen LogP contribution in [0.1, 0.15) is 59.3 Å². The Morgan fingerprint density at radius 2 is 2.00 bits per heavy atom. The molecule has 0 amide bonds. The maximum absolute atomic E-state index is 13.0. The van der Waals surface area contributed by atoms with E-state index in [0.717, 1.165) is 12.0 Å². The van der Waals surface area contributed by atoms with Gasteiger partial charge in [0.15, 0.2) is 0 Å². The predicted molar refractivity (Wildman–Crippen MR) is 91.3 cm³/mol. The lowest BCUT2D eigenvalue weighted by Gasteiger charge is -2.49. The van der Waals surface area contributed by atoms with Gasteiger partial charge in [-0.1, -0.05) is 11.6 Å². The Bertz CT molecular complexity index is 632. The van der Waals surface area contributed by atoms with Gasteiger partial charge in [0.05, 0.1) is 11.8 Å². The van der Waals surface area contributed by atoms with Gasteiger partial charge in [0.25, 0.3) is 0 Å². The van der Waals surface area contributed by atoms with Crippen LogP contribution in [0.15, 0.2) is 11.6 Å². The molecule has 146 valence electrons. The number of carbonyl (C=O) groups is 1. The molecule has 0 bridgehead atoms. The number of hydrogen-bond acceptors (Lipinski definition) is 4. The zero-order chi connectivity index (χ0) is 19.3. The van der Waals surface area contributed by atoms with E-state index < -0.39 is 22.9 Å². The summed E-state index contributed by atoms with van der Waals surface area (Å²) in [5.41, 5.74) is -0.181. The van der Waals surface area contributed by atoms with Crippen LogP contribution in [0.3, 0.4) is 0 Å². The van der Waals surface area contributed by atoms with Crippen molar-refractivity contribution in [2.75, 3.05) is 6.54 Å². The molecule has 0 saturated heterocycles. The van der Waals surface area contributed by atoms with Crippen LogP contribution >= 0.6 is 0 Å². The Kier molecular flexibility index (Phi) is 4.64. The summed E-state index contributed by atoms with van der Waals surface area (Å²) in [4.78, 5) is 23.1. The molecule has 2 saturated carbocycles. The lowest BCUT2D eigenvalue weighted by molar-refractivity contribution is -0.506. The Morgan fingerprint density at radius 3 is 2.54 bits per heavy atom. The number of hydrogen-bond donors (Lipinski definition) is 0. The van der Waals surface area contributed by atoms with E-state index in [2.05, 4.69) is 0 Å². The van der Waals surface area contributed by atoms with Gasteiger partial charge in [0, 0.05) is 17.8 Å². The fraction of sp³-hybridized carbons (Fsp3) is 0.842. The van der Waals surface area contributed by atoms with Crippen LogP contribution in [0.25, 0.3) is 0 Å². The summed E-state index contributed by atoms with van der Waals surface area (Å²) in [6.45, 7) is 5.07. The van der Waals surface area contributed by atoms with Crippen molar-refractivity contribution in [3.8, 4) is 0 Å². The number of alkyl halides is 2. The maximum atomic E-state index is 13.0. The Hall–Kier alpha value is -1.53. The van der Waals surface area contributed by atoms with Crippen molar-refractivity contribution in [1.29, 1.82) is 0 Å². The molecule has 7 heteroatoms. The highest BCUT2D eigenvalue weighted by molar-refractivity contribution is 5.71. The largest absolute Gasteiger partial charge is 0.460 e. The highest BCUT2D eigenvalue weighted by atomic mass is 19.3. The summed E-state index contributed by atoms with van der Waals surface area (Å²) in [5, 5.41) is 11.2. The summed E-state index contributed by atoms with van der Waals surface area (Å²) in [5.74, 6) is -2.62. The molecule has 0 aromatic carbocycles. The predicted octanol–water partition coefficient (Wildman–Crippen LogP) is 4.38. The van der Waals surface area contributed by atoms with Crippen molar-refractivity contribution in [2.45, 2.75) is 70.8 Å². The van der Waals surface area contributed by atoms with E-state index in [4.69, 9.17) is 4.74 Å². The van der Waals surface area contributed by atoms with Crippen molar-refractivity contribution in [3.05, 3.63) is 21.8 Å². The summed E-state index contributed by atoms with van der Waals surface area (Å²) in [6, 6.07) is 0. The summed E-state index contributed by atoms with van der Waals surface area (Å²) in [7, 11) is 0. The van der Waals surface area contributed by atoms with Crippen molar-refractivity contribution < 1.29 is 23.2 Å². The molecule has 0 aliphatic heterocycles. The number of carbonyl (C=O) groups excluding carboxylic acids is 1. The zero-order valence-corrected chi connectivity index (χ0v) is 15.6. The molecule has 0 radical (unpaired) electrons. The SMILES string of the molecule is CC(C)(C)OC(=O)C[C@]1(C[N+](=O)[O-])C[C@@H]2CC(CC3CC(F)(F)C3)=C[C@@H]21. The van der Waals surface area contributed by atoms with E-state index in [-0.39, 0.29) is 42.6 Å². The number of halogens is 2. The van der Waals surface area contributed by atoms with Crippen molar-refractivity contribution in [1.82, 2.24) is 0 Å². The van der Waals surface area contributed by atoms with E-state index in [1.165, 1.54) is 0 Å². The van der Waals surface area contributed by atoms with Gasteiger partial charge >= 0.3 is 5.97 Å². The molecule has 3 aliphatic carbocycles. The number of nitro groups is 1. The molecule has 2 fully saturated rings. The molecule has 3 aliphatic rings. The Labute approximate surface area is 152 Å². The maximum Gasteiger partial charge on any atom is 0.307 e. The highest BCUT2D eigenvalue weighted by Crippen LogP contribution is 2.61. The van der Waals surface area contributed by atoms with E-state index >= 15 is 0 Å². The second kappa shape index (κ2) is 6.27. The van der Waals surface area contributed by atoms with Crippen LogP contribution in [0.2, 0.25) is 0 Å². The first-order chi connectivity index (χ1) is 11.9. The number of ether oxygens (including phenoxy) is 1. The second-order valence-electron chi connectivity index (χ2n) is 9.47. The van der Waals surface area contributed by atoms with E-state index in [0.29, 0.717) is 18.8 Å². The molecule has 0 spiro atoms. The smallest absolute Gasteiger partial charge is 0.307 e. The average Bonchev–Trinajstić information content (AvgIpc) is 2.71. The first-order valence-electron chi connectivity index (χ1n) is 9.29. The first kappa shape index (κ1) is 19.2. The number of allylic oxidation sites excluding steroid dienone is 2. The third kappa shape index (κ3) is 4.07. The van der Waals surface area contributed by atoms with E-state index in [1.807, 2.05) is 6.08 Å². The van der Waals surface area contributed by atoms with Crippen LogP contribution in [-0.2, 0) is 9.53 Å². The highest BCUT2D eigenvalue weighted by Gasteiger charge is 2.59. The fourth-order valence-electron chi connectivity index (χ4n) is 5.08. The number of rotatable bonds is 6. The number of nitrogens with zero attached hydrogens (tertiary/aromatic N) is 1. The molecule has 0 N–H and O–H groups in total. The van der Waals surface area contributed by atoms with Gasteiger partial charge < -0.3 is 4.74 Å². The lowest BCUT2D eigenvalue weighted by Crippen LogP contribution is -2.51. The third-order valence-electron chi connectivity index (χ3n) is 5.91. The molecule has 0 unspecified atom stereocenters. The molecule has 0 heterocycles. The zero-order valence-electron chi connectivity index (χ0n) is 15.6. The number of esters is 1. The summed E-state index contributed by atoms with van der Waals surface area (Å²) < 4.78 is 31.4. The van der Waals surface area contributed by atoms with Gasteiger partial charge in [-0.05, 0) is 57.8 Å². The monoisotopic (exact) mass is 371 g/mol. The second-order valence-corrected chi connectivity index (χ2v) is 9.47. The van der Waals surface area contributed by atoms with E-state index in [1.54, 1.807) is 20.8 Å². The summed E-state index contributed by atoms with van der Waals surface area (Å²) in [6.07, 6.45) is 4.06. The molecule has 0 aromatic rings. The van der Waals surface area contributed by atoms with Gasteiger partial charge in [-0.25, -0.2) is 8.78 Å². The van der Waals surface area contributed by atoms with Crippen LogP contribution in [-0.4, -0.2) is 29.0 Å². The standard InChI is InChI=1S/C19H27F2NO4/c1-17(2,3)26-16(23)10-18(11-22(24)25)9-14-5-12(6-15(14)18)4-13-7-19(20,21)8-13/h6,13-15H,4-5,7-11H2,1-3H3/t14-,15-,18-/m0/s1. The van der Waals surface area contributed by atoms with Gasteiger partial charge in [-0.2, -0.15) is 0 Å². The average molecular weight is 371 g/mol. The van der Waals surface area contributed by atoms with E-state index in [9.17, 15) is 23.7 Å². The van der Waals surface area contributed by atoms with Crippen molar-refractivity contribution in [3.63, 3.8) is 0 Å². The van der Waals surface area contributed by atoms with Gasteiger partial charge in [-0.3, -0.25) is 14.9 Å². The molecule has 3 atom stereocenters. The summed E-state index contributed by atoms with van der Waals surface area (Å²) >= 11 is 0. The normalized spacial score (nSPS) is 32.9. The minimum Gasteiger partial charge on any atom is -0.460 e. The third-order valence-corrected chi connectivity index (χ3v) is 5.91. The van der Waals surface area contributed by atoms with Gasteiger partial charge in [0.2, 0.25) is 12.5 Å². The quantitative estimate of drug-likeness (QED) is 0.301. The minimum atomic E-state index is -2.52. The van der Waals surface area contributed by atoms with Crippen molar-refractivity contribution >= 4 is 5.97 Å². The Morgan fingerprint density at radius 1 is 1.35 bits per heavy atom. The fourth-order valence-corrected chi connectivity index (χ4v) is 5.08.